The first-order chi connectivity index (χ1) is 7.34. The zero-order valence-electron chi connectivity index (χ0n) is 8.13. The monoisotopic (exact) mass is 246 g/mol. The fourth-order valence-corrected chi connectivity index (χ4v) is 0.718. The van der Waals surface area contributed by atoms with Gasteiger partial charge in [-0.15, -0.1) is 0 Å². The van der Waals surface area contributed by atoms with Crippen molar-refractivity contribution in [3.05, 3.63) is 34.9 Å². The third-order valence-corrected chi connectivity index (χ3v) is 1.60. The fraction of sp³-hybridized carbons (Fsp3) is 0. The number of amides is 2. The van der Waals surface area contributed by atoms with Gasteiger partial charge in [0.25, 0.3) is 0 Å². The fourth-order valence-electron chi connectivity index (χ4n) is 0.592. The van der Waals surface area contributed by atoms with Gasteiger partial charge in [0.15, 0.2) is 0 Å². The smallest absolute Gasteiger partial charge is 0.343 e. The van der Waals surface area contributed by atoms with Crippen molar-refractivity contribution in [2.75, 3.05) is 0 Å². The summed E-state index contributed by atoms with van der Waals surface area (Å²) in [5, 5.41) is 9.28. The first kappa shape index (κ1) is 14.2. The summed E-state index contributed by atoms with van der Waals surface area (Å²) in [6.45, 7) is 0. The topological polar surface area (TPSA) is 136 Å². The van der Waals surface area contributed by atoms with E-state index in [0.717, 1.165) is 0 Å². The number of nitrogens with zero attached hydrogens (tertiary/aromatic N) is 1. The number of benzene rings is 1. The molecule has 8 heteroatoms. The molecule has 1 aromatic rings. The average Bonchev–Trinajstić information content (AvgIpc) is 2.19. The van der Waals surface area contributed by atoms with Crippen molar-refractivity contribution < 1.29 is 14.7 Å². The van der Waals surface area contributed by atoms with E-state index >= 15 is 0 Å². The molecule has 0 aromatic heterocycles. The highest BCUT2D eigenvalue weighted by molar-refractivity contribution is 6.30. The summed E-state index contributed by atoms with van der Waals surface area (Å²) >= 11 is 5.52. The summed E-state index contributed by atoms with van der Waals surface area (Å²) in [4.78, 5) is 19.9. The lowest BCUT2D eigenvalue weighted by atomic mass is 10.2. The Balaban J connectivity index is 0.000000325. The van der Waals surface area contributed by atoms with Crippen LogP contribution >= 0.6 is 11.6 Å². The number of primary amides is 1. The van der Waals surface area contributed by atoms with E-state index in [-0.39, 0.29) is 5.56 Å². The molecule has 7 N–H and O–H groups in total. The first-order valence-corrected chi connectivity index (χ1v) is 4.30. The molecule has 0 aliphatic carbocycles. The van der Waals surface area contributed by atoms with Gasteiger partial charge in [-0.3, -0.25) is 0 Å². The zero-order chi connectivity index (χ0) is 12.7. The molecule has 88 valence electrons. The number of hydrogen-bond acceptors (Lipinski definition) is 4. The van der Waals surface area contributed by atoms with Crippen molar-refractivity contribution in [1.82, 2.24) is 5.12 Å². The van der Waals surface area contributed by atoms with Gasteiger partial charge < -0.3 is 10.8 Å². The van der Waals surface area contributed by atoms with Gasteiger partial charge in [-0.25, -0.2) is 21.3 Å². The maximum Gasteiger partial charge on any atom is 0.343 e. The number of carbonyl (C=O) groups excluding carboxylic acids is 1. The minimum Gasteiger partial charge on any atom is -0.478 e. The maximum atomic E-state index is 10.3. The molecule has 0 spiro atoms. The summed E-state index contributed by atoms with van der Waals surface area (Å²) in [5.41, 5.74) is 4.73. The number of halogens is 1. The molecule has 2 amide bonds. The van der Waals surface area contributed by atoms with E-state index in [0.29, 0.717) is 10.1 Å². The standard InChI is InChI=1S/C7H5ClO2.CH6N4O/c8-6-3-1-5(2-4-6)7(9)10;2-1(6)5(3)4/h1-4H,(H,9,10);3-4H2,(H2,2,6). The van der Waals surface area contributed by atoms with Crippen molar-refractivity contribution >= 4 is 23.6 Å². The Bertz CT molecular complexity index is 366. The van der Waals surface area contributed by atoms with E-state index in [1.165, 1.54) is 12.1 Å². The van der Waals surface area contributed by atoms with Crippen LogP contribution in [0.25, 0.3) is 0 Å². The number of rotatable bonds is 1. The van der Waals surface area contributed by atoms with Gasteiger partial charge in [-0.05, 0) is 24.3 Å². The van der Waals surface area contributed by atoms with Crippen LogP contribution < -0.4 is 17.4 Å². The number of nitrogens with two attached hydrogens (primary N) is 3. The lowest BCUT2D eigenvalue weighted by Crippen LogP contribution is -2.46. The van der Waals surface area contributed by atoms with Crippen LogP contribution in [-0.4, -0.2) is 22.2 Å². The van der Waals surface area contributed by atoms with Crippen molar-refractivity contribution in [3.63, 3.8) is 0 Å². The minimum atomic E-state index is -0.934. The van der Waals surface area contributed by atoms with Crippen LogP contribution in [0, 0.1) is 0 Å². The lowest BCUT2D eigenvalue weighted by Gasteiger charge is -2.00. The molecule has 0 aliphatic heterocycles. The molecular weight excluding hydrogens is 236 g/mol. The van der Waals surface area contributed by atoms with Gasteiger partial charge in [-0.1, -0.05) is 11.6 Å². The Labute approximate surface area is 96.3 Å². The second-order valence-electron chi connectivity index (χ2n) is 2.56. The van der Waals surface area contributed by atoms with Crippen LogP contribution in [0.3, 0.4) is 0 Å². The Morgan fingerprint density at radius 1 is 1.19 bits per heavy atom. The summed E-state index contributed by atoms with van der Waals surface area (Å²) in [6, 6.07) is 5.17. The average molecular weight is 247 g/mol. The lowest BCUT2D eigenvalue weighted by molar-refractivity contribution is 0.0697. The molecule has 1 rings (SSSR count). The molecule has 16 heavy (non-hydrogen) atoms. The van der Waals surface area contributed by atoms with Crippen LogP contribution in [-0.2, 0) is 0 Å². The number of carboxylic acids is 1. The quantitative estimate of drug-likeness (QED) is 0.318. The molecular formula is C8H11ClN4O3. The molecule has 0 aliphatic rings. The van der Waals surface area contributed by atoms with Crippen LogP contribution in [0.4, 0.5) is 4.79 Å². The molecule has 0 radical (unpaired) electrons. The van der Waals surface area contributed by atoms with Gasteiger partial charge in [0.05, 0.1) is 5.56 Å². The molecule has 0 fully saturated rings. The summed E-state index contributed by atoms with van der Waals surface area (Å²) in [6.07, 6.45) is 0. The Kier molecular flexibility index (Phi) is 5.86. The molecule has 0 heterocycles. The predicted octanol–water partition coefficient (Wildman–Crippen LogP) is 0.153. The molecule has 0 atom stereocenters. The van der Waals surface area contributed by atoms with Gasteiger partial charge >= 0.3 is 12.0 Å². The van der Waals surface area contributed by atoms with Gasteiger partial charge in [0.1, 0.15) is 0 Å². The number of carboxylic acid groups (broad SMARTS) is 1. The van der Waals surface area contributed by atoms with E-state index in [2.05, 4.69) is 17.4 Å². The second-order valence-corrected chi connectivity index (χ2v) is 2.99. The first-order valence-electron chi connectivity index (χ1n) is 3.92. The van der Waals surface area contributed by atoms with E-state index in [4.69, 9.17) is 16.7 Å². The third-order valence-electron chi connectivity index (χ3n) is 1.35. The van der Waals surface area contributed by atoms with Crippen LogP contribution in [0.5, 0.6) is 0 Å². The molecule has 0 bridgehead atoms. The highest BCUT2D eigenvalue weighted by Gasteiger charge is 1.99. The number of hydrogen-bond donors (Lipinski definition) is 4. The van der Waals surface area contributed by atoms with E-state index in [9.17, 15) is 9.59 Å². The predicted molar refractivity (Wildman–Crippen MR) is 58.2 cm³/mol. The van der Waals surface area contributed by atoms with E-state index in [1.807, 2.05) is 0 Å². The molecule has 7 nitrogen and oxygen atoms in total. The van der Waals surface area contributed by atoms with E-state index < -0.39 is 12.0 Å². The number of hydrazine groups is 2. The van der Waals surface area contributed by atoms with Crippen molar-refractivity contribution in [2.45, 2.75) is 0 Å². The number of urea groups is 1. The Morgan fingerprint density at radius 3 is 1.81 bits per heavy atom. The largest absolute Gasteiger partial charge is 0.478 e. The van der Waals surface area contributed by atoms with Crippen molar-refractivity contribution in [1.29, 1.82) is 0 Å². The third kappa shape index (κ3) is 5.81. The normalized spacial score (nSPS) is 8.69. The maximum absolute atomic E-state index is 10.3. The highest BCUT2D eigenvalue weighted by Crippen LogP contribution is 2.08. The summed E-state index contributed by atoms with van der Waals surface area (Å²) in [7, 11) is 0. The number of aromatic carboxylic acids is 1. The minimum absolute atomic E-state index is 0.254. The number of carbonyl (C=O) groups is 2. The van der Waals surface area contributed by atoms with Gasteiger partial charge in [0.2, 0.25) is 0 Å². The van der Waals surface area contributed by atoms with Gasteiger partial charge in [-0.2, -0.15) is 5.12 Å². The van der Waals surface area contributed by atoms with Crippen LogP contribution in [0.15, 0.2) is 24.3 Å². The second kappa shape index (κ2) is 6.62. The zero-order valence-corrected chi connectivity index (χ0v) is 8.89. The van der Waals surface area contributed by atoms with Crippen LogP contribution in [0.1, 0.15) is 10.4 Å². The molecule has 0 saturated carbocycles. The summed E-state index contributed by atoms with van der Waals surface area (Å²) < 4.78 is 0. The van der Waals surface area contributed by atoms with Crippen molar-refractivity contribution in [3.8, 4) is 0 Å². The summed E-state index contributed by atoms with van der Waals surface area (Å²) in [5.74, 6) is 8.21. The van der Waals surface area contributed by atoms with Gasteiger partial charge in [0, 0.05) is 5.02 Å². The highest BCUT2D eigenvalue weighted by atomic mass is 35.5. The molecule has 0 unspecified atom stereocenters. The SMILES string of the molecule is NC(=O)N(N)N.O=C(O)c1ccc(Cl)cc1. The Morgan fingerprint density at radius 2 is 1.56 bits per heavy atom. The molecule has 0 saturated heterocycles. The van der Waals surface area contributed by atoms with E-state index in [1.54, 1.807) is 12.1 Å². The Hall–Kier alpha value is -1.83. The van der Waals surface area contributed by atoms with Crippen LogP contribution in [0.2, 0.25) is 5.02 Å². The molecule has 1 aromatic carbocycles. The van der Waals surface area contributed by atoms with Crippen molar-refractivity contribution in [2.24, 2.45) is 17.4 Å².